The monoisotopic (exact) mass is 379 g/mol. The molecule has 2 N–H and O–H groups in total. The van der Waals surface area contributed by atoms with Gasteiger partial charge < -0.3 is 10.1 Å². The standard InChI is InChI=1S/C20H17N3O3S/c1-26-15-10-8-14(9-11-15)13-21-23-19(24)16-5-2-3-6-17(16)22-20(25)18-7-4-12-27-18/h2-13H,1H3,(H,22,25)(H,23,24)/b21-13-. The highest BCUT2D eigenvalue weighted by atomic mass is 32.1. The SMILES string of the molecule is COc1ccc(/C=N\NC(=O)c2ccccc2NC(=O)c2cccs2)cc1. The van der Waals surface area contributed by atoms with Gasteiger partial charge in [0.05, 0.1) is 29.5 Å². The number of carbonyl (C=O) groups is 2. The lowest BCUT2D eigenvalue weighted by Crippen LogP contribution is -2.21. The average molecular weight is 379 g/mol. The summed E-state index contributed by atoms with van der Waals surface area (Å²) >= 11 is 1.33. The fraction of sp³-hybridized carbons (Fsp3) is 0.0500. The quantitative estimate of drug-likeness (QED) is 0.505. The number of methoxy groups -OCH3 is 1. The predicted molar refractivity (Wildman–Crippen MR) is 107 cm³/mol. The average Bonchev–Trinajstić information content (AvgIpc) is 3.24. The van der Waals surface area contributed by atoms with Crippen molar-refractivity contribution in [1.82, 2.24) is 5.43 Å². The Morgan fingerprint density at radius 2 is 1.78 bits per heavy atom. The highest BCUT2D eigenvalue weighted by molar-refractivity contribution is 7.12. The first kappa shape index (κ1) is 18.3. The maximum atomic E-state index is 12.4. The fourth-order valence-corrected chi connectivity index (χ4v) is 2.92. The molecule has 0 aliphatic carbocycles. The van der Waals surface area contributed by atoms with Crippen LogP contribution in [0.15, 0.2) is 71.1 Å². The van der Waals surface area contributed by atoms with Gasteiger partial charge in [0, 0.05) is 0 Å². The zero-order chi connectivity index (χ0) is 19.1. The molecule has 136 valence electrons. The number of hydrogen-bond acceptors (Lipinski definition) is 5. The maximum absolute atomic E-state index is 12.4. The first-order chi connectivity index (χ1) is 13.2. The topological polar surface area (TPSA) is 79.8 Å². The second-order valence-electron chi connectivity index (χ2n) is 5.45. The van der Waals surface area contributed by atoms with Crippen LogP contribution >= 0.6 is 11.3 Å². The zero-order valence-corrected chi connectivity index (χ0v) is 15.3. The molecule has 0 unspecified atom stereocenters. The Labute approximate surface area is 160 Å². The molecule has 2 amide bonds. The van der Waals surface area contributed by atoms with Gasteiger partial charge in [-0.3, -0.25) is 9.59 Å². The van der Waals surface area contributed by atoms with Gasteiger partial charge in [-0.05, 0) is 53.4 Å². The van der Waals surface area contributed by atoms with Crippen molar-refractivity contribution in [3.63, 3.8) is 0 Å². The third-order valence-corrected chi connectivity index (χ3v) is 4.53. The number of thiophene rings is 1. The molecular weight excluding hydrogens is 362 g/mol. The Kier molecular flexibility index (Phi) is 5.96. The number of hydrazone groups is 1. The molecule has 0 saturated carbocycles. The van der Waals surface area contributed by atoms with Crippen LogP contribution in [0.25, 0.3) is 0 Å². The molecule has 3 aromatic rings. The van der Waals surface area contributed by atoms with E-state index < -0.39 is 5.91 Å². The molecule has 0 saturated heterocycles. The summed E-state index contributed by atoms with van der Waals surface area (Å²) in [7, 11) is 1.60. The van der Waals surface area contributed by atoms with E-state index in [1.54, 1.807) is 55.6 Å². The van der Waals surface area contributed by atoms with Crippen molar-refractivity contribution in [2.24, 2.45) is 5.10 Å². The van der Waals surface area contributed by atoms with E-state index in [0.29, 0.717) is 16.1 Å². The summed E-state index contributed by atoms with van der Waals surface area (Å²) in [5.74, 6) is 0.0698. The maximum Gasteiger partial charge on any atom is 0.273 e. The van der Waals surface area contributed by atoms with E-state index in [-0.39, 0.29) is 5.91 Å². The molecule has 1 aromatic heterocycles. The molecule has 0 radical (unpaired) electrons. The Balaban J connectivity index is 1.67. The van der Waals surface area contributed by atoms with Gasteiger partial charge in [-0.1, -0.05) is 18.2 Å². The van der Waals surface area contributed by atoms with Gasteiger partial charge in [0.15, 0.2) is 0 Å². The molecule has 0 bridgehead atoms. The van der Waals surface area contributed by atoms with Gasteiger partial charge in [0.2, 0.25) is 0 Å². The lowest BCUT2D eigenvalue weighted by Gasteiger charge is -2.09. The molecule has 0 atom stereocenters. The molecule has 7 heteroatoms. The molecule has 0 aliphatic rings. The van der Waals surface area contributed by atoms with E-state index in [1.165, 1.54) is 17.6 Å². The molecule has 0 spiro atoms. The van der Waals surface area contributed by atoms with Crippen LogP contribution in [0, 0.1) is 0 Å². The Bertz CT molecular complexity index is 951. The minimum absolute atomic E-state index is 0.257. The van der Waals surface area contributed by atoms with Crippen LogP contribution in [0.4, 0.5) is 5.69 Å². The fourth-order valence-electron chi connectivity index (χ4n) is 2.30. The first-order valence-corrected chi connectivity index (χ1v) is 8.96. The van der Waals surface area contributed by atoms with Gasteiger partial charge >= 0.3 is 0 Å². The van der Waals surface area contributed by atoms with E-state index >= 15 is 0 Å². The number of rotatable bonds is 6. The summed E-state index contributed by atoms with van der Waals surface area (Å²) < 4.78 is 5.09. The summed E-state index contributed by atoms with van der Waals surface area (Å²) in [4.78, 5) is 25.2. The zero-order valence-electron chi connectivity index (χ0n) is 14.5. The van der Waals surface area contributed by atoms with E-state index in [1.807, 2.05) is 17.5 Å². The van der Waals surface area contributed by atoms with E-state index in [0.717, 1.165) is 11.3 Å². The van der Waals surface area contributed by atoms with Crippen LogP contribution in [-0.2, 0) is 0 Å². The van der Waals surface area contributed by atoms with E-state index in [9.17, 15) is 9.59 Å². The molecule has 0 aliphatic heterocycles. The number of ether oxygens (including phenoxy) is 1. The Morgan fingerprint density at radius 1 is 1.00 bits per heavy atom. The molecule has 27 heavy (non-hydrogen) atoms. The number of nitrogens with one attached hydrogen (secondary N) is 2. The van der Waals surface area contributed by atoms with Crippen molar-refractivity contribution in [3.8, 4) is 5.75 Å². The van der Waals surface area contributed by atoms with Gasteiger partial charge in [-0.2, -0.15) is 5.10 Å². The number of amides is 2. The van der Waals surface area contributed by atoms with Gasteiger partial charge in [-0.25, -0.2) is 5.43 Å². The molecular formula is C20H17N3O3S. The lowest BCUT2D eigenvalue weighted by molar-refractivity contribution is 0.0956. The molecule has 6 nitrogen and oxygen atoms in total. The smallest absolute Gasteiger partial charge is 0.273 e. The van der Waals surface area contributed by atoms with Crippen molar-refractivity contribution in [2.75, 3.05) is 12.4 Å². The van der Waals surface area contributed by atoms with Crippen molar-refractivity contribution in [2.45, 2.75) is 0 Å². The highest BCUT2D eigenvalue weighted by Crippen LogP contribution is 2.18. The predicted octanol–water partition coefficient (Wildman–Crippen LogP) is 3.77. The van der Waals surface area contributed by atoms with E-state index in [4.69, 9.17) is 4.74 Å². The number of para-hydroxylation sites is 1. The normalized spacial score (nSPS) is 10.6. The van der Waals surface area contributed by atoms with Crippen LogP contribution in [0.1, 0.15) is 25.6 Å². The number of nitrogens with zero attached hydrogens (tertiary/aromatic N) is 1. The molecule has 1 heterocycles. The third kappa shape index (κ3) is 4.80. The largest absolute Gasteiger partial charge is 0.497 e. The van der Waals surface area contributed by atoms with Crippen LogP contribution in [0.2, 0.25) is 0 Å². The minimum atomic E-state index is -0.415. The molecule has 0 fully saturated rings. The number of benzene rings is 2. The summed E-state index contributed by atoms with van der Waals surface area (Å²) in [6.07, 6.45) is 1.53. The van der Waals surface area contributed by atoms with Crippen molar-refractivity contribution < 1.29 is 14.3 Å². The lowest BCUT2D eigenvalue weighted by atomic mass is 10.1. The summed E-state index contributed by atoms with van der Waals surface area (Å²) in [5, 5.41) is 8.55. The van der Waals surface area contributed by atoms with Crippen molar-refractivity contribution in [1.29, 1.82) is 0 Å². The van der Waals surface area contributed by atoms with Gasteiger partial charge in [-0.15, -0.1) is 11.3 Å². The second-order valence-corrected chi connectivity index (χ2v) is 6.40. The van der Waals surface area contributed by atoms with Crippen molar-refractivity contribution in [3.05, 3.63) is 82.0 Å². The van der Waals surface area contributed by atoms with Gasteiger partial charge in [0.1, 0.15) is 5.75 Å². The highest BCUT2D eigenvalue weighted by Gasteiger charge is 2.14. The van der Waals surface area contributed by atoms with Crippen LogP contribution in [0.5, 0.6) is 5.75 Å². The minimum Gasteiger partial charge on any atom is -0.497 e. The van der Waals surface area contributed by atoms with Crippen LogP contribution < -0.4 is 15.5 Å². The number of carbonyl (C=O) groups excluding carboxylic acids is 2. The van der Waals surface area contributed by atoms with E-state index in [2.05, 4.69) is 15.8 Å². The van der Waals surface area contributed by atoms with Gasteiger partial charge in [0.25, 0.3) is 11.8 Å². The first-order valence-electron chi connectivity index (χ1n) is 8.08. The number of hydrogen-bond donors (Lipinski definition) is 2. The van der Waals surface area contributed by atoms with Crippen LogP contribution in [-0.4, -0.2) is 25.1 Å². The third-order valence-electron chi connectivity index (χ3n) is 3.66. The summed E-state index contributed by atoms with van der Waals surface area (Å²) in [5.41, 5.74) is 4.04. The molecule has 2 aromatic carbocycles. The van der Waals surface area contributed by atoms with Crippen LogP contribution in [0.3, 0.4) is 0 Å². The number of anilines is 1. The second kappa shape index (κ2) is 8.77. The Morgan fingerprint density at radius 3 is 2.48 bits per heavy atom. The summed E-state index contributed by atoms with van der Waals surface area (Å²) in [6.45, 7) is 0. The summed E-state index contributed by atoms with van der Waals surface area (Å²) in [6, 6.07) is 17.6. The molecule has 3 rings (SSSR count). The van der Waals surface area contributed by atoms with Crippen molar-refractivity contribution >= 4 is 35.1 Å². The Hall–Kier alpha value is -3.45.